The van der Waals surface area contributed by atoms with Gasteiger partial charge in [-0.3, -0.25) is 4.79 Å². The maximum atomic E-state index is 13.5. The Bertz CT molecular complexity index is 1330. The van der Waals surface area contributed by atoms with Crippen LogP contribution in [0.3, 0.4) is 0 Å². The van der Waals surface area contributed by atoms with Crippen molar-refractivity contribution in [2.45, 2.75) is 194 Å². The van der Waals surface area contributed by atoms with E-state index in [0.717, 1.165) is 93.2 Å². The molecule has 1 aliphatic heterocycles. The molecule has 1 fully saturated rings. The predicted molar refractivity (Wildman–Crippen MR) is 234 cm³/mol. The molecular weight excluding hydrogens is 717 g/mol. The van der Waals surface area contributed by atoms with E-state index in [9.17, 15) is 4.79 Å². The lowest BCUT2D eigenvalue weighted by molar-refractivity contribution is -0.175. The molecule has 0 amide bonds. The molecule has 0 bridgehead atoms. The van der Waals surface area contributed by atoms with Crippen molar-refractivity contribution in [1.29, 1.82) is 0 Å². The smallest absolute Gasteiger partial charge is 0.314 e. The van der Waals surface area contributed by atoms with Crippen LogP contribution in [0.15, 0.2) is 73.3 Å². The quantitative estimate of drug-likeness (QED) is 0.0510. The van der Waals surface area contributed by atoms with Crippen LogP contribution in [0.2, 0.25) is 36.3 Å². The number of carbonyl (C=O) groups is 1. The second kappa shape index (κ2) is 24.0. The fourth-order valence-corrected chi connectivity index (χ4v) is 14.2. The summed E-state index contributed by atoms with van der Waals surface area (Å²) in [5.74, 6) is 0.131. The molecule has 1 heterocycles. The minimum atomic E-state index is -1.94. The van der Waals surface area contributed by atoms with Gasteiger partial charge in [-0.15, -0.1) is 6.58 Å². The van der Waals surface area contributed by atoms with E-state index in [4.69, 9.17) is 23.1 Å². The summed E-state index contributed by atoms with van der Waals surface area (Å²) < 4.78 is 34.1. The molecular formula is C47H78O6Si2. The van der Waals surface area contributed by atoms with Crippen LogP contribution < -0.4 is 0 Å². The summed E-state index contributed by atoms with van der Waals surface area (Å²) in [5.41, 5.74) is 1.39. The van der Waals surface area contributed by atoms with Gasteiger partial charge in [0.1, 0.15) is 6.61 Å². The molecule has 0 radical (unpaired) electrons. The largest absolute Gasteiger partial charge is 0.460 e. The number of carbonyl (C=O) groups excluding carboxylic acids is 1. The Kier molecular flexibility index (Phi) is 20.6. The molecule has 6 nitrogen and oxygen atoms in total. The van der Waals surface area contributed by atoms with Gasteiger partial charge in [-0.25, -0.2) is 0 Å². The zero-order valence-electron chi connectivity index (χ0n) is 36.3. The van der Waals surface area contributed by atoms with E-state index >= 15 is 0 Å². The Morgan fingerprint density at radius 3 is 1.89 bits per heavy atom. The highest BCUT2D eigenvalue weighted by atomic mass is 28.4. The first-order valence-corrected chi connectivity index (χ1v) is 27.0. The summed E-state index contributed by atoms with van der Waals surface area (Å²) in [5, 5.41) is 0. The van der Waals surface area contributed by atoms with E-state index in [2.05, 4.69) is 85.4 Å². The molecule has 1 saturated heterocycles. The van der Waals surface area contributed by atoms with Crippen LogP contribution in [-0.4, -0.2) is 53.1 Å². The van der Waals surface area contributed by atoms with Gasteiger partial charge in [0.25, 0.3) is 0 Å². The summed E-state index contributed by atoms with van der Waals surface area (Å²) in [6.45, 7) is 25.2. The maximum Gasteiger partial charge on any atom is 0.314 e. The molecule has 6 atom stereocenters. The van der Waals surface area contributed by atoms with Gasteiger partial charge in [0, 0.05) is 6.10 Å². The van der Waals surface area contributed by atoms with Crippen LogP contribution >= 0.6 is 0 Å². The number of hydrogen-bond acceptors (Lipinski definition) is 6. The summed E-state index contributed by atoms with van der Waals surface area (Å²) >= 11 is 0. The monoisotopic (exact) mass is 795 g/mol. The summed E-state index contributed by atoms with van der Waals surface area (Å²) in [6.07, 6.45) is 9.37. The van der Waals surface area contributed by atoms with Crippen LogP contribution in [0.25, 0.3) is 0 Å². The third-order valence-corrected chi connectivity index (χ3v) is 22.3. The third kappa shape index (κ3) is 14.7. The Morgan fingerprint density at radius 2 is 1.35 bits per heavy atom. The molecule has 55 heavy (non-hydrogen) atoms. The molecule has 2 aromatic rings. The van der Waals surface area contributed by atoms with E-state index in [1.54, 1.807) is 0 Å². The second-order valence-electron chi connectivity index (χ2n) is 16.8. The lowest BCUT2D eigenvalue weighted by atomic mass is 9.81. The van der Waals surface area contributed by atoms with E-state index in [1.165, 1.54) is 5.56 Å². The minimum Gasteiger partial charge on any atom is -0.460 e. The molecule has 310 valence electrons. The van der Waals surface area contributed by atoms with Crippen LogP contribution in [0, 0.1) is 11.3 Å². The van der Waals surface area contributed by atoms with Crippen molar-refractivity contribution in [2.24, 2.45) is 11.3 Å². The van der Waals surface area contributed by atoms with Gasteiger partial charge in [0.05, 0.1) is 36.4 Å². The van der Waals surface area contributed by atoms with E-state index in [0.29, 0.717) is 12.5 Å². The molecule has 0 aliphatic carbocycles. The van der Waals surface area contributed by atoms with Crippen molar-refractivity contribution in [2.75, 3.05) is 0 Å². The van der Waals surface area contributed by atoms with Crippen molar-refractivity contribution in [1.82, 2.24) is 0 Å². The van der Waals surface area contributed by atoms with Crippen molar-refractivity contribution in [3.05, 3.63) is 84.4 Å². The second-order valence-corrected chi connectivity index (χ2v) is 26.3. The highest BCUT2D eigenvalue weighted by Gasteiger charge is 2.43. The molecule has 0 saturated carbocycles. The topological polar surface area (TPSA) is 63.2 Å². The zero-order chi connectivity index (χ0) is 40.3. The molecule has 2 aromatic carbocycles. The molecule has 0 aromatic heterocycles. The first-order valence-electron chi connectivity index (χ1n) is 21.9. The van der Waals surface area contributed by atoms with Crippen LogP contribution in [0.1, 0.15) is 125 Å². The van der Waals surface area contributed by atoms with Gasteiger partial charge >= 0.3 is 5.97 Å². The number of benzene rings is 2. The third-order valence-electron chi connectivity index (χ3n) is 12.9. The normalized spacial score (nSPS) is 19.0. The summed E-state index contributed by atoms with van der Waals surface area (Å²) in [4.78, 5) is 13.5. The average Bonchev–Trinajstić information content (AvgIpc) is 3.22. The Hall–Kier alpha value is -2.08. The molecule has 3 rings (SSSR count). The number of esters is 1. The lowest BCUT2D eigenvalue weighted by Gasteiger charge is -2.41. The fourth-order valence-electron chi connectivity index (χ4n) is 8.33. The molecule has 0 unspecified atom stereocenters. The molecule has 8 heteroatoms. The van der Waals surface area contributed by atoms with Crippen LogP contribution in [-0.2, 0) is 41.1 Å². The summed E-state index contributed by atoms with van der Waals surface area (Å²) in [7, 11) is -3.68. The number of ether oxygens (including phenoxy) is 3. The first kappa shape index (κ1) is 47.3. The van der Waals surface area contributed by atoms with Crippen molar-refractivity contribution < 1.29 is 27.9 Å². The van der Waals surface area contributed by atoms with E-state index in [1.807, 2.05) is 50.3 Å². The van der Waals surface area contributed by atoms with Crippen molar-refractivity contribution in [3.63, 3.8) is 0 Å². The van der Waals surface area contributed by atoms with Crippen molar-refractivity contribution >= 4 is 22.6 Å². The Labute approximate surface area is 338 Å². The summed E-state index contributed by atoms with van der Waals surface area (Å²) in [6, 6.07) is 27.2. The van der Waals surface area contributed by atoms with Gasteiger partial charge < -0.3 is 23.1 Å². The Morgan fingerprint density at radius 1 is 0.800 bits per heavy atom. The van der Waals surface area contributed by atoms with E-state index < -0.39 is 22.0 Å². The SMILES string of the molecule is C=CC[C@@H](CC[C@H](C)[C@@H](C[C@@H](C[C@@H]1CCC[C@H](C(C)(C)C(=O)OCc2ccccc2)O1)OCc1ccccc1)O[Si](CC)(CC)CC)O[Si](CC)(CC)CC. The van der Waals surface area contributed by atoms with Gasteiger partial charge in [0.2, 0.25) is 0 Å². The standard InChI is InChI=1S/C47H78O6Si2/c1-11-25-41(52-54(12-2,13-3)14-4)33-32-38(8)44(53-55(15-5,16-6)17-7)35-43(49-36-39-26-20-18-21-27-39)34-42-30-24-31-45(51-42)47(9,10)46(48)50-37-40-28-22-19-23-29-40/h11,18-23,26-29,38,41-45H,1,12-17,24-25,30-37H2,2-10H3/t38-,41-,42-,43+,44+,45+/m0/s1. The maximum absolute atomic E-state index is 13.5. The highest BCUT2D eigenvalue weighted by molar-refractivity contribution is 6.74. The Balaban J connectivity index is 1.83. The molecule has 0 N–H and O–H groups in total. The van der Waals surface area contributed by atoms with Gasteiger partial charge in [-0.2, -0.15) is 0 Å². The van der Waals surface area contributed by atoms with Crippen LogP contribution in [0.5, 0.6) is 0 Å². The predicted octanol–water partition coefficient (Wildman–Crippen LogP) is 12.8. The highest BCUT2D eigenvalue weighted by Crippen LogP contribution is 2.37. The fraction of sp³-hybridized carbons (Fsp3) is 0.681. The van der Waals surface area contributed by atoms with Gasteiger partial charge in [-0.05, 0) is 119 Å². The lowest BCUT2D eigenvalue weighted by Crippen LogP contribution is -2.46. The minimum absolute atomic E-state index is 0.0113. The zero-order valence-corrected chi connectivity index (χ0v) is 38.3. The van der Waals surface area contributed by atoms with E-state index in [-0.39, 0.29) is 43.1 Å². The average molecular weight is 795 g/mol. The van der Waals surface area contributed by atoms with Crippen molar-refractivity contribution in [3.8, 4) is 0 Å². The van der Waals surface area contributed by atoms with Gasteiger partial charge in [-0.1, -0.05) is 115 Å². The number of hydrogen-bond donors (Lipinski definition) is 0. The molecule has 1 aliphatic rings. The van der Waals surface area contributed by atoms with Gasteiger partial charge in [0.15, 0.2) is 16.6 Å². The van der Waals surface area contributed by atoms with Crippen LogP contribution in [0.4, 0.5) is 0 Å². The first-order chi connectivity index (χ1) is 26.4. The molecule has 0 spiro atoms. The number of rotatable bonds is 27.